The molecule has 0 aliphatic carbocycles. The van der Waals surface area contributed by atoms with E-state index in [1.807, 2.05) is 45.9 Å². The summed E-state index contributed by atoms with van der Waals surface area (Å²) in [5.41, 5.74) is 2.92. The zero-order chi connectivity index (χ0) is 14.3. The molecule has 0 aliphatic rings. The van der Waals surface area contributed by atoms with Gasteiger partial charge in [-0.2, -0.15) is 0 Å². The van der Waals surface area contributed by atoms with Crippen molar-refractivity contribution < 1.29 is 13.6 Å². The van der Waals surface area contributed by atoms with E-state index in [2.05, 4.69) is 0 Å². The summed E-state index contributed by atoms with van der Waals surface area (Å²) in [5.74, 6) is 0. The van der Waals surface area contributed by atoms with Crippen LogP contribution in [0.1, 0.15) is 48.2 Å². The molecule has 0 bridgehead atoms. The molecule has 0 spiro atoms. The smallest absolute Gasteiger partial charge is 0.391 e. The van der Waals surface area contributed by atoms with Gasteiger partial charge in [-0.25, -0.2) is 0 Å². The van der Waals surface area contributed by atoms with E-state index in [4.69, 9.17) is 8.85 Å². The largest absolute Gasteiger partial charge is 0.399 e. The zero-order valence-corrected chi connectivity index (χ0v) is 13.5. The van der Waals surface area contributed by atoms with Crippen molar-refractivity contribution >= 4 is 14.7 Å². The summed E-state index contributed by atoms with van der Waals surface area (Å²) in [5, 5.41) is 0.0584. The molecule has 1 rings (SSSR count). The minimum Gasteiger partial charge on any atom is -0.391 e. The Balaban J connectivity index is 2.87. The predicted molar refractivity (Wildman–Crippen MR) is 79.9 cm³/mol. The number of rotatable bonds is 8. The minimum atomic E-state index is -2.28. The van der Waals surface area contributed by atoms with E-state index in [9.17, 15) is 4.79 Å². The third kappa shape index (κ3) is 4.56. The van der Waals surface area contributed by atoms with Crippen LogP contribution in [-0.4, -0.2) is 27.9 Å². The fraction of sp³-hybridized carbons (Fsp3) is 0.533. The molecule has 106 valence electrons. The Bertz CT molecular complexity index is 410. The lowest BCUT2D eigenvalue weighted by Gasteiger charge is -2.16. The van der Waals surface area contributed by atoms with Gasteiger partial charge in [-0.05, 0) is 37.8 Å². The van der Waals surface area contributed by atoms with Gasteiger partial charge in [0.05, 0.1) is 0 Å². The molecule has 0 N–H and O–H groups in total. The molecule has 0 heterocycles. The maximum atomic E-state index is 12.5. The van der Waals surface area contributed by atoms with E-state index in [0.717, 1.165) is 29.5 Å². The van der Waals surface area contributed by atoms with Crippen molar-refractivity contribution in [2.24, 2.45) is 0 Å². The summed E-state index contributed by atoms with van der Waals surface area (Å²) in [7, 11) is -2.28. The maximum Gasteiger partial charge on any atom is 0.399 e. The highest BCUT2D eigenvalue weighted by molar-refractivity contribution is 6.83. The van der Waals surface area contributed by atoms with Gasteiger partial charge in [0.25, 0.3) is 0 Å². The standard InChI is InChI=1S/C15H24O3Si/c1-5-10-17-19(18-11-6-2)15(16)14-9-7-8-12(3)13(14)4/h7-9,19H,5-6,10-11H2,1-4H3. The lowest BCUT2D eigenvalue weighted by molar-refractivity contribution is 0.0972. The van der Waals surface area contributed by atoms with Gasteiger partial charge in [0.2, 0.25) is 0 Å². The second-order valence-corrected chi connectivity index (χ2v) is 6.54. The monoisotopic (exact) mass is 280 g/mol. The molecule has 0 aliphatic heterocycles. The Morgan fingerprint density at radius 3 is 2.21 bits per heavy atom. The minimum absolute atomic E-state index is 0.0584. The first-order valence-electron chi connectivity index (χ1n) is 6.95. The van der Waals surface area contributed by atoms with Crippen LogP contribution in [0.4, 0.5) is 0 Å². The molecule has 0 unspecified atom stereocenters. The fourth-order valence-electron chi connectivity index (χ4n) is 1.79. The van der Waals surface area contributed by atoms with E-state index >= 15 is 0 Å². The van der Waals surface area contributed by atoms with Crippen LogP contribution < -0.4 is 0 Å². The second kappa shape index (κ2) is 8.25. The van der Waals surface area contributed by atoms with E-state index in [1.54, 1.807) is 0 Å². The van der Waals surface area contributed by atoms with Gasteiger partial charge < -0.3 is 8.85 Å². The number of hydrogen-bond acceptors (Lipinski definition) is 3. The molecule has 0 saturated carbocycles. The molecule has 1 aromatic carbocycles. The zero-order valence-electron chi connectivity index (χ0n) is 12.4. The molecule has 3 nitrogen and oxygen atoms in total. The first-order valence-corrected chi connectivity index (χ1v) is 8.47. The van der Waals surface area contributed by atoms with Gasteiger partial charge in [-0.3, -0.25) is 4.79 Å². The first-order chi connectivity index (χ1) is 9.11. The van der Waals surface area contributed by atoms with Crippen molar-refractivity contribution in [3.63, 3.8) is 0 Å². The predicted octanol–water partition coefficient (Wildman–Crippen LogP) is 3.10. The van der Waals surface area contributed by atoms with Crippen LogP contribution in [0.5, 0.6) is 0 Å². The number of aryl methyl sites for hydroxylation is 1. The van der Waals surface area contributed by atoms with Gasteiger partial charge in [0, 0.05) is 18.8 Å². The van der Waals surface area contributed by atoms with Crippen LogP contribution in [-0.2, 0) is 8.85 Å². The van der Waals surface area contributed by atoms with Crippen LogP contribution in [0, 0.1) is 13.8 Å². The molecular weight excluding hydrogens is 256 g/mol. The highest BCUT2D eigenvalue weighted by Gasteiger charge is 2.26. The summed E-state index contributed by atoms with van der Waals surface area (Å²) in [6.07, 6.45) is 1.80. The van der Waals surface area contributed by atoms with Gasteiger partial charge >= 0.3 is 9.28 Å². The van der Waals surface area contributed by atoms with Crippen LogP contribution >= 0.6 is 0 Å². The Kier molecular flexibility index (Phi) is 6.98. The Morgan fingerprint density at radius 2 is 1.68 bits per heavy atom. The number of carbonyl (C=O) groups excluding carboxylic acids is 1. The lowest BCUT2D eigenvalue weighted by atomic mass is 10.0. The van der Waals surface area contributed by atoms with Crippen LogP contribution in [0.3, 0.4) is 0 Å². The summed E-state index contributed by atoms with van der Waals surface area (Å²) >= 11 is 0. The molecule has 4 heteroatoms. The molecule has 0 saturated heterocycles. The quantitative estimate of drug-likeness (QED) is 0.686. The third-order valence-electron chi connectivity index (χ3n) is 3.03. The summed E-state index contributed by atoms with van der Waals surface area (Å²) in [4.78, 5) is 12.5. The van der Waals surface area contributed by atoms with E-state index in [0.29, 0.717) is 13.2 Å². The molecule has 19 heavy (non-hydrogen) atoms. The first kappa shape index (κ1) is 16.1. The topological polar surface area (TPSA) is 35.5 Å². The maximum absolute atomic E-state index is 12.5. The lowest BCUT2D eigenvalue weighted by Crippen LogP contribution is -2.34. The molecular formula is C15H24O3Si. The third-order valence-corrected chi connectivity index (χ3v) is 4.85. The number of hydrogen-bond donors (Lipinski definition) is 0. The van der Waals surface area contributed by atoms with Crippen molar-refractivity contribution in [3.8, 4) is 0 Å². The number of carbonyl (C=O) groups is 1. The molecule has 0 aromatic heterocycles. The molecule has 0 atom stereocenters. The van der Waals surface area contributed by atoms with Gasteiger partial charge in [0.15, 0.2) is 5.41 Å². The average Bonchev–Trinajstić information content (AvgIpc) is 2.41. The fourth-order valence-corrected chi connectivity index (χ4v) is 3.66. The second-order valence-electron chi connectivity index (χ2n) is 4.69. The van der Waals surface area contributed by atoms with Crippen molar-refractivity contribution in [2.75, 3.05) is 13.2 Å². The highest BCUT2D eigenvalue weighted by atomic mass is 28.3. The summed E-state index contributed by atoms with van der Waals surface area (Å²) in [6, 6.07) is 5.80. The molecule has 0 radical (unpaired) electrons. The summed E-state index contributed by atoms with van der Waals surface area (Å²) in [6.45, 7) is 9.26. The molecule has 0 fully saturated rings. The number of benzene rings is 1. The molecule has 0 amide bonds. The average molecular weight is 280 g/mol. The molecule has 1 aromatic rings. The normalized spacial score (nSPS) is 11.0. The van der Waals surface area contributed by atoms with Crippen molar-refractivity contribution in [2.45, 2.75) is 40.5 Å². The van der Waals surface area contributed by atoms with Gasteiger partial charge in [-0.1, -0.05) is 32.0 Å². The SMILES string of the molecule is CCCO[SiH](OCCC)C(=O)c1cccc(C)c1C. The summed E-state index contributed by atoms with van der Waals surface area (Å²) < 4.78 is 11.3. The van der Waals surface area contributed by atoms with Crippen molar-refractivity contribution in [1.29, 1.82) is 0 Å². The van der Waals surface area contributed by atoms with Gasteiger partial charge in [0.1, 0.15) is 0 Å². The van der Waals surface area contributed by atoms with E-state index in [1.165, 1.54) is 0 Å². The highest BCUT2D eigenvalue weighted by Crippen LogP contribution is 2.15. The van der Waals surface area contributed by atoms with E-state index in [-0.39, 0.29) is 5.41 Å². The van der Waals surface area contributed by atoms with Crippen molar-refractivity contribution in [1.82, 2.24) is 0 Å². The van der Waals surface area contributed by atoms with Crippen LogP contribution in [0.15, 0.2) is 18.2 Å². The Morgan fingerprint density at radius 1 is 1.11 bits per heavy atom. The Labute approximate surface area is 117 Å². The van der Waals surface area contributed by atoms with E-state index < -0.39 is 9.28 Å². The van der Waals surface area contributed by atoms with Gasteiger partial charge in [-0.15, -0.1) is 0 Å². The van der Waals surface area contributed by atoms with Crippen LogP contribution in [0.2, 0.25) is 0 Å². The van der Waals surface area contributed by atoms with Crippen LogP contribution in [0.25, 0.3) is 0 Å². The van der Waals surface area contributed by atoms with Crippen molar-refractivity contribution in [3.05, 3.63) is 34.9 Å². The Hall–Kier alpha value is -0.973.